The van der Waals surface area contributed by atoms with E-state index in [9.17, 15) is 9.59 Å². The van der Waals surface area contributed by atoms with Crippen LogP contribution in [0.5, 0.6) is 0 Å². The van der Waals surface area contributed by atoms with Crippen LogP contribution < -0.4 is 5.32 Å². The molecule has 0 aliphatic carbocycles. The van der Waals surface area contributed by atoms with Gasteiger partial charge in [-0.1, -0.05) is 29.8 Å². The molecule has 0 aliphatic rings. The molecule has 1 aromatic heterocycles. The van der Waals surface area contributed by atoms with Crippen LogP contribution in [0.3, 0.4) is 0 Å². The number of esters is 1. The van der Waals surface area contributed by atoms with Gasteiger partial charge in [-0.2, -0.15) is 0 Å². The van der Waals surface area contributed by atoms with Gasteiger partial charge in [-0.15, -0.1) is 0 Å². The third-order valence-corrected chi connectivity index (χ3v) is 2.87. The zero-order valence-corrected chi connectivity index (χ0v) is 12.7. The van der Waals surface area contributed by atoms with Crippen molar-refractivity contribution in [1.82, 2.24) is 10.3 Å². The summed E-state index contributed by atoms with van der Waals surface area (Å²) in [5.41, 5.74) is 0.446. The van der Waals surface area contributed by atoms with Crippen LogP contribution in [-0.4, -0.2) is 23.5 Å². The maximum absolute atomic E-state index is 11.9. The van der Waals surface area contributed by atoms with E-state index in [1.54, 1.807) is 39.1 Å². The summed E-state index contributed by atoms with van der Waals surface area (Å²) in [5, 5.41) is 2.65. The molecule has 0 spiro atoms. The first-order valence-corrected chi connectivity index (χ1v) is 6.83. The molecule has 1 heterocycles. The lowest BCUT2D eigenvalue weighted by molar-refractivity contribution is -0.148. The number of carbonyl (C=O) groups is 2. The number of hydrogen-bond acceptors (Lipinski definition) is 4. The molecule has 1 atom stereocenters. The van der Waals surface area contributed by atoms with Gasteiger partial charge >= 0.3 is 5.97 Å². The van der Waals surface area contributed by atoms with Gasteiger partial charge in [0.1, 0.15) is 0 Å². The van der Waals surface area contributed by atoms with Crippen LogP contribution in [0.25, 0.3) is 0 Å². The molecular formula is C13H17BrN2O3. The molecule has 0 aliphatic heterocycles. The summed E-state index contributed by atoms with van der Waals surface area (Å²) in [4.78, 5) is 27.8. The van der Waals surface area contributed by atoms with Gasteiger partial charge in [0.2, 0.25) is 5.91 Å². The third kappa shape index (κ3) is 4.63. The summed E-state index contributed by atoms with van der Waals surface area (Å²) in [5.74, 6) is -0.953. The molecule has 1 aromatic rings. The quantitative estimate of drug-likeness (QED) is 0.841. The number of halogens is 1. The van der Waals surface area contributed by atoms with Gasteiger partial charge in [-0.05, 0) is 19.1 Å². The Morgan fingerprint density at radius 3 is 2.68 bits per heavy atom. The predicted molar refractivity (Wildman–Crippen MR) is 74.3 cm³/mol. The Morgan fingerprint density at radius 1 is 1.47 bits per heavy atom. The van der Waals surface area contributed by atoms with Crippen LogP contribution in [-0.2, 0) is 14.3 Å². The van der Waals surface area contributed by atoms with Crippen molar-refractivity contribution >= 4 is 27.8 Å². The molecule has 6 heteroatoms. The Bertz CT molecular complexity index is 463. The van der Waals surface area contributed by atoms with E-state index in [0.717, 1.165) is 4.47 Å². The van der Waals surface area contributed by atoms with Crippen molar-refractivity contribution in [3.63, 3.8) is 0 Å². The van der Waals surface area contributed by atoms with Gasteiger partial charge in [-0.25, -0.2) is 4.79 Å². The van der Waals surface area contributed by atoms with Crippen molar-refractivity contribution in [3.8, 4) is 0 Å². The number of ether oxygens (including phenoxy) is 1. The highest BCUT2D eigenvalue weighted by Crippen LogP contribution is 2.17. The molecule has 0 saturated carbocycles. The van der Waals surface area contributed by atoms with Crippen LogP contribution in [0.15, 0.2) is 22.8 Å². The fourth-order valence-electron chi connectivity index (χ4n) is 1.37. The van der Waals surface area contributed by atoms with Crippen LogP contribution in [0.2, 0.25) is 0 Å². The van der Waals surface area contributed by atoms with Crippen LogP contribution >= 0.6 is 15.9 Å². The number of amides is 1. The lowest BCUT2D eigenvalue weighted by atomic mass is 10.1. The molecule has 1 N–H and O–H groups in total. The van der Waals surface area contributed by atoms with Crippen LogP contribution in [0.4, 0.5) is 0 Å². The van der Waals surface area contributed by atoms with Crippen molar-refractivity contribution in [2.45, 2.75) is 26.8 Å². The molecule has 1 rings (SSSR count). The lowest BCUT2D eigenvalue weighted by Gasteiger charge is -2.18. The Kier molecular flexibility index (Phi) is 5.95. The first kappa shape index (κ1) is 15.6. The zero-order chi connectivity index (χ0) is 14.4. The molecule has 1 unspecified atom stereocenters. The van der Waals surface area contributed by atoms with Crippen LogP contribution in [0, 0.1) is 5.92 Å². The maximum atomic E-state index is 11.9. The van der Waals surface area contributed by atoms with Crippen molar-refractivity contribution in [3.05, 3.63) is 28.5 Å². The Hall–Kier alpha value is -1.43. The average molecular weight is 329 g/mol. The third-order valence-electron chi connectivity index (χ3n) is 2.37. The summed E-state index contributed by atoms with van der Waals surface area (Å²) >= 11 is 3.31. The fraction of sp³-hybridized carbons (Fsp3) is 0.462. The second kappa shape index (κ2) is 7.23. The molecule has 0 bridgehead atoms. The number of aromatic nitrogens is 1. The lowest BCUT2D eigenvalue weighted by Crippen LogP contribution is -2.37. The highest BCUT2D eigenvalue weighted by atomic mass is 79.9. The average Bonchev–Trinajstić information content (AvgIpc) is 2.35. The van der Waals surface area contributed by atoms with Crippen molar-refractivity contribution in [2.75, 3.05) is 6.61 Å². The largest absolute Gasteiger partial charge is 0.464 e. The molecule has 0 aromatic carbocycles. The fourth-order valence-corrected chi connectivity index (χ4v) is 1.72. The summed E-state index contributed by atoms with van der Waals surface area (Å²) in [6.45, 7) is 5.48. The van der Waals surface area contributed by atoms with Gasteiger partial charge < -0.3 is 10.1 Å². The Labute approximate surface area is 120 Å². The van der Waals surface area contributed by atoms with E-state index in [-0.39, 0.29) is 18.4 Å². The van der Waals surface area contributed by atoms with Gasteiger partial charge in [0.15, 0.2) is 6.04 Å². The first-order chi connectivity index (χ1) is 8.95. The second-order valence-corrected chi connectivity index (χ2v) is 5.16. The van der Waals surface area contributed by atoms with E-state index < -0.39 is 12.0 Å². The van der Waals surface area contributed by atoms with E-state index in [4.69, 9.17) is 4.74 Å². The number of nitrogens with zero attached hydrogens (tertiary/aromatic N) is 1. The van der Waals surface area contributed by atoms with E-state index >= 15 is 0 Å². The van der Waals surface area contributed by atoms with Crippen LogP contribution in [0.1, 0.15) is 32.5 Å². The smallest absolute Gasteiger partial charge is 0.334 e. The molecule has 104 valence electrons. The first-order valence-electron chi connectivity index (χ1n) is 6.04. The predicted octanol–water partition coefficient (Wildman–Crippen LogP) is 2.22. The van der Waals surface area contributed by atoms with Gasteiger partial charge in [0.05, 0.1) is 12.3 Å². The summed E-state index contributed by atoms with van der Waals surface area (Å²) in [6.07, 6.45) is 1.56. The number of pyridine rings is 1. The molecular weight excluding hydrogens is 312 g/mol. The maximum Gasteiger partial charge on any atom is 0.334 e. The molecule has 0 saturated heterocycles. The molecule has 1 amide bonds. The summed E-state index contributed by atoms with van der Waals surface area (Å²) < 4.78 is 5.75. The van der Waals surface area contributed by atoms with E-state index in [2.05, 4.69) is 26.2 Å². The van der Waals surface area contributed by atoms with Gasteiger partial charge in [0.25, 0.3) is 0 Å². The second-order valence-electron chi connectivity index (χ2n) is 4.25. The summed E-state index contributed by atoms with van der Waals surface area (Å²) in [6, 6.07) is 2.55. The SMILES string of the molecule is CCOC(=O)C(NC(=O)C(C)C)c1cc(Br)ccn1. The highest BCUT2D eigenvalue weighted by Gasteiger charge is 2.26. The Morgan fingerprint density at radius 2 is 2.16 bits per heavy atom. The zero-order valence-electron chi connectivity index (χ0n) is 11.1. The standard InChI is InChI=1S/C13H17BrN2O3/c1-4-19-13(18)11(16-12(17)8(2)3)10-7-9(14)5-6-15-10/h5-8,11H,4H2,1-3H3,(H,16,17). The minimum atomic E-state index is -0.882. The minimum Gasteiger partial charge on any atom is -0.464 e. The molecule has 0 fully saturated rings. The number of rotatable bonds is 5. The topological polar surface area (TPSA) is 68.3 Å². The summed E-state index contributed by atoms with van der Waals surface area (Å²) in [7, 11) is 0. The molecule has 5 nitrogen and oxygen atoms in total. The van der Waals surface area contributed by atoms with Crippen molar-refractivity contribution < 1.29 is 14.3 Å². The van der Waals surface area contributed by atoms with Gasteiger partial charge in [-0.3, -0.25) is 9.78 Å². The monoisotopic (exact) mass is 328 g/mol. The molecule has 19 heavy (non-hydrogen) atoms. The number of nitrogens with one attached hydrogen (secondary N) is 1. The van der Waals surface area contributed by atoms with Crippen molar-refractivity contribution in [1.29, 1.82) is 0 Å². The number of carbonyl (C=O) groups excluding carboxylic acids is 2. The highest BCUT2D eigenvalue weighted by molar-refractivity contribution is 9.10. The normalized spacial score (nSPS) is 12.1. The minimum absolute atomic E-state index is 0.218. The van der Waals surface area contributed by atoms with Crippen molar-refractivity contribution in [2.24, 2.45) is 5.92 Å². The van der Waals surface area contributed by atoms with E-state index in [0.29, 0.717) is 5.69 Å². The van der Waals surface area contributed by atoms with Gasteiger partial charge in [0, 0.05) is 16.6 Å². The van der Waals surface area contributed by atoms with E-state index in [1.807, 2.05) is 0 Å². The van der Waals surface area contributed by atoms with E-state index in [1.165, 1.54) is 0 Å². The molecule has 0 radical (unpaired) electrons. The Balaban J connectivity index is 2.98. The number of hydrogen-bond donors (Lipinski definition) is 1.